The summed E-state index contributed by atoms with van der Waals surface area (Å²) in [7, 11) is 0. The molecule has 0 saturated carbocycles. The van der Waals surface area contributed by atoms with E-state index in [0.717, 1.165) is 25.2 Å². The predicted octanol–water partition coefficient (Wildman–Crippen LogP) is 0.778. The van der Waals surface area contributed by atoms with Crippen LogP contribution in [0.4, 0.5) is 5.82 Å². The van der Waals surface area contributed by atoms with Gasteiger partial charge in [0.05, 0.1) is 5.92 Å². The van der Waals surface area contributed by atoms with Crippen molar-refractivity contribution in [1.82, 2.24) is 10.2 Å². The molecule has 5 heteroatoms. The molecule has 1 aromatic rings. The van der Waals surface area contributed by atoms with Gasteiger partial charge in [-0.3, -0.25) is 4.79 Å². The first-order valence-corrected chi connectivity index (χ1v) is 5.03. The molecular weight excluding hydrogens is 194 g/mol. The van der Waals surface area contributed by atoms with E-state index in [0.29, 0.717) is 6.54 Å². The fourth-order valence-electron chi connectivity index (χ4n) is 1.85. The molecule has 1 atom stereocenters. The molecule has 1 aliphatic heterocycles. The van der Waals surface area contributed by atoms with E-state index >= 15 is 0 Å². The molecule has 0 spiro atoms. The van der Waals surface area contributed by atoms with Gasteiger partial charge in [0.25, 0.3) is 0 Å². The van der Waals surface area contributed by atoms with Crippen LogP contribution in [0.25, 0.3) is 0 Å². The largest absolute Gasteiger partial charge is 0.481 e. The molecule has 0 bridgehead atoms. The number of carboxylic acids is 1. The molecular formula is C10H13N3O2. The molecule has 15 heavy (non-hydrogen) atoms. The summed E-state index contributed by atoms with van der Waals surface area (Å²) in [6.07, 6.45) is 3.27. The fourth-order valence-corrected chi connectivity index (χ4v) is 1.85. The Hall–Kier alpha value is -1.65. The highest BCUT2D eigenvalue weighted by Crippen LogP contribution is 2.20. The standard InChI is InChI=1S/C10H13N3O2/c14-10(15)8-3-2-6-13(7-8)9-4-1-5-11-12-9/h1,4-5,8H,2-3,6-7H2,(H,14,15)/t8-/m0/s1. The number of hydrogen-bond acceptors (Lipinski definition) is 4. The first kappa shape index (κ1) is 9.89. The minimum Gasteiger partial charge on any atom is -0.481 e. The van der Waals surface area contributed by atoms with E-state index < -0.39 is 5.97 Å². The number of piperidine rings is 1. The molecule has 80 valence electrons. The van der Waals surface area contributed by atoms with Crippen LogP contribution in [0.15, 0.2) is 18.3 Å². The molecule has 0 unspecified atom stereocenters. The van der Waals surface area contributed by atoms with Crippen LogP contribution in [0.5, 0.6) is 0 Å². The van der Waals surface area contributed by atoms with Crippen molar-refractivity contribution in [2.45, 2.75) is 12.8 Å². The van der Waals surface area contributed by atoms with Crippen LogP contribution in [0.2, 0.25) is 0 Å². The molecule has 2 heterocycles. The number of aliphatic carboxylic acids is 1. The summed E-state index contributed by atoms with van der Waals surface area (Å²) in [6.45, 7) is 1.40. The van der Waals surface area contributed by atoms with Crippen molar-refractivity contribution in [3.63, 3.8) is 0 Å². The van der Waals surface area contributed by atoms with Gasteiger partial charge in [-0.15, -0.1) is 5.10 Å². The van der Waals surface area contributed by atoms with Crippen molar-refractivity contribution in [2.75, 3.05) is 18.0 Å². The molecule has 1 N–H and O–H groups in total. The number of carboxylic acid groups (broad SMARTS) is 1. The van der Waals surface area contributed by atoms with Gasteiger partial charge in [-0.25, -0.2) is 0 Å². The van der Waals surface area contributed by atoms with E-state index in [1.165, 1.54) is 0 Å². The minimum absolute atomic E-state index is 0.277. The quantitative estimate of drug-likeness (QED) is 0.776. The van der Waals surface area contributed by atoms with E-state index in [-0.39, 0.29) is 5.92 Å². The van der Waals surface area contributed by atoms with Crippen molar-refractivity contribution in [2.24, 2.45) is 5.92 Å². The average Bonchev–Trinajstić information content (AvgIpc) is 2.30. The fraction of sp³-hybridized carbons (Fsp3) is 0.500. The number of hydrogen-bond donors (Lipinski definition) is 1. The molecule has 0 aromatic carbocycles. The van der Waals surface area contributed by atoms with E-state index in [1.54, 1.807) is 6.20 Å². The summed E-state index contributed by atoms with van der Waals surface area (Å²) < 4.78 is 0. The van der Waals surface area contributed by atoms with E-state index in [4.69, 9.17) is 5.11 Å². The summed E-state index contributed by atoms with van der Waals surface area (Å²) in [4.78, 5) is 12.8. The predicted molar refractivity (Wildman–Crippen MR) is 54.6 cm³/mol. The van der Waals surface area contributed by atoms with Gasteiger partial charge in [0, 0.05) is 19.3 Å². The number of rotatable bonds is 2. The van der Waals surface area contributed by atoms with Crippen molar-refractivity contribution in [1.29, 1.82) is 0 Å². The van der Waals surface area contributed by atoms with Gasteiger partial charge in [-0.05, 0) is 25.0 Å². The summed E-state index contributed by atoms with van der Waals surface area (Å²) in [5.74, 6) is -0.229. The van der Waals surface area contributed by atoms with Gasteiger partial charge < -0.3 is 10.0 Å². The molecule has 2 rings (SSSR count). The van der Waals surface area contributed by atoms with Crippen molar-refractivity contribution >= 4 is 11.8 Å². The van der Waals surface area contributed by atoms with Crippen LogP contribution in [-0.4, -0.2) is 34.4 Å². The second-order valence-electron chi connectivity index (χ2n) is 3.71. The van der Waals surface area contributed by atoms with Crippen LogP contribution >= 0.6 is 0 Å². The maximum atomic E-state index is 10.9. The second kappa shape index (κ2) is 4.25. The van der Waals surface area contributed by atoms with Crippen molar-refractivity contribution in [3.05, 3.63) is 18.3 Å². The highest BCUT2D eigenvalue weighted by atomic mass is 16.4. The highest BCUT2D eigenvalue weighted by molar-refractivity contribution is 5.71. The van der Waals surface area contributed by atoms with Crippen LogP contribution in [0, 0.1) is 5.92 Å². The second-order valence-corrected chi connectivity index (χ2v) is 3.71. The van der Waals surface area contributed by atoms with Gasteiger partial charge in [-0.1, -0.05) is 0 Å². The number of carbonyl (C=O) groups is 1. The lowest BCUT2D eigenvalue weighted by Crippen LogP contribution is -2.39. The highest BCUT2D eigenvalue weighted by Gasteiger charge is 2.25. The monoisotopic (exact) mass is 207 g/mol. The van der Waals surface area contributed by atoms with Gasteiger partial charge in [-0.2, -0.15) is 5.10 Å². The Labute approximate surface area is 87.7 Å². The Morgan fingerprint density at radius 1 is 1.60 bits per heavy atom. The zero-order valence-corrected chi connectivity index (χ0v) is 8.33. The first-order chi connectivity index (χ1) is 7.27. The third-order valence-corrected chi connectivity index (χ3v) is 2.65. The normalized spacial score (nSPS) is 21.3. The van der Waals surface area contributed by atoms with Gasteiger partial charge >= 0.3 is 5.97 Å². The summed E-state index contributed by atoms with van der Waals surface area (Å²) in [6, 6.07) is 3.67. The summed E-state index contributed by atoms with van der Waals surface area (Å²) in [5.41, 5.74) is 0. The Bertz CT molecular complexity index is 342. The Kier molecular flexibility index (Phi) is 2.80. The van der Waals surface area contributed by atoms with E-state index in [1.807, 2.05) is 17.0 Å². The average molecular weight is 207 g/mol. The minimum atomic E-state index is -0.719. The topological polar surface area (TPSA) is 66.3 Å². The molecule has 0 radical (unpaired) electrons. The molecule has 0 aliphatic carbocycles. The van der Waals surface area contributed by atoms with Crippen LogP contribution in [0.1, 0.15) is 12.8 Å². The lowest BCUT2D eigenvalue weighted by atomic mass is 9.98. The molecule has 1 aliphatic rings. The Morgan fingerprint density at radius 3 is 3.13 bits per heavy atom. The lowest BCUT2D eigenvalue weighted by Gasteiger charge is -2.31. The number of nitrogens with zero attached hydrogens (tertiary/aromatic N) is 3. The number of aromatic nitrogens is 2. The van der Waals surface area contributed by atoms with Crippen LogP contribution in [-0.2, 0) is 4.79 Å². The maximum absolute atomic E-state index is 10.9. The molecule has 0 amide bonds. The molecule has 1 saturated heterocycles. The SMILES string of the molecule is O=C(O)[C@H]1CCCN(c2cccnn2)C1. The maximum Gasteiger partial charge on any atom is 0.308 e. The van der Waals surface area contributed by atoms with Gasteiger partial charge in [0.1, 0.15) is 0 Å². The van der Waals surface area contributed by atoms with Gasteiger partial charge in [0.15, 0.2) is 5.82 Å². The summed E-state index contributed by atoms with van der Waals surface area (Å²) >= 11 is 0. The van der Waals surface area contributed by atoms with E-state index in [2.05, 4.69) is 10.2 Å². The Morgan fingerprint density at radius 2 is 2.47 bits per heavy atom. The van der Waals surface area contributed by atoms with Crippen LogP contribution in [0.3, 0.4) is 0 Å². The molecule has 1 aromatic heterocycles. The number of anilines is 1. The molecule has 5 nitrogen and oxygen atoms in total. The Balaban J connectivity index is 2.08. The smallest absolute Gasteiger partial charge is 0.308 e. The third kappa shape index (κ3) is 2.23. The van der Waals surface area contributed by atoms with Crippen molar-refractivity contribution < 1.29 is 9.90 Å². The zero-order chi connectivity index (χ0) is 10.7. The third-order valence-electron chi connectivity index (χ3n) is 2.65. The molecule has 1 fully saturated rings. The summed E-state index contributed by atoms with van der Waals surface area (Å²) in [5, 5.41) is 16.7. The lowest BCUT2D eigenvalue weighted by molar-refractivity contribution is -0.141. The van der Waals surface area contributed by atoms with Gasteiger partial charge in [0.2, 0.25) is 0 Å². The van der Waals surface area contributed by atoms with E-state index in [9.17, 15) is 4.79 Å². The van der Waals surface area contributed by atoms with Crippen molar-refractivity contribution in [3.8, 4) is 0 Å². The van der Waals surface area contributed by atoms with Crippen LogP contribution < -0.4 is 4.90 Å². The first-order valence-electron chi connectivity index (χ1n) is 5.03. The zero-order valence-electron chi connectivity index (χ0n) is 8.33.